The van der Waals surface area contributed by atoms with Crippen LogP contribution in [-0.2, 0) is 17.6 Å². The van der Waals surface area contributed by atoms with Crippen LogP contribution in [-0.4, -0.2) is 24.7 Å². The highest BCUT2D eigenvalue weighted by atomic mass is 32.1. The van der Waals surface area contributed by atoms with Gasteiger partial charge in [-0.25, -0.2) is 0 Å². The van der Waals surface area contributed by atoms with Crippen molar-refractivity contribution >= 4 is 39.3 Å². The maximum atomic E-state index is 12.4. The molecule has 0 atom stereocenters. The topological polar surface area (TPSA) is 56.5 Å². The lowest BCUT2D eigenvalue weighted by Crippen LogP contribution is -2.32. The summed E-state index contributed by atoms with van der Waals surface area (Å²) in [6.07, 6.45) is 3.28. The first-order valence-corrected chi connectivity index (χ1v) is 8.89. The molecular weight excluding hydrogens is 314 g/mol. The van der Waals surface area contributed by atoms with E-state index in [1.54, 1.807) is 27.6 Å². The number of carbonyl (C=O) groups is 1. The highest BCUT2D eigenvalue weighted by molar-refractivity contribution is 7.17. The molecule has 6 heteroatoms. The second-order valence-corrected chi connectivity index (χ2v) is 7.35. The van der Waals surface area contributed by atoms with Crippen LogP contribution in [0.2, 0.25) is 0 Å². The Morgan fingerprint density at radius 2 is 2.32 bits per heavy atom. The average molecular weight is 327 g/mol. The van der Waals surface area contributed by atoms with E-state index in [0.717, 1.165) is 34.0 Å². The fourth-order valence-corrected chi connectivity index (χ4v) is 5.24. The number of rotatable bonds is 2. The summed E-state index contributed by atoms with van der Waals surface area (Å²) < 4.78 is 0. The summed E-state index contributed by atoms with van der Waals surface area (Å²) in [6, 6.07) is 6.18. The van der Waals surface area contributed by atoms with E-state index in [1.807, 2.05) is 11.4 Å². The van der Waals surface area contributed by atoms with E-state index in [4.69, 9.17) is 5.26 Å². The van der Waals surface area contributed by atoms with Crippen LogP contribution in [0.3, 0.4) is 0 Å². The van der Waals surface area contributed by atoms with Crippen molar-refractivity contribution in [2.75, 3.05) is 18.0 Å². The van der Waals surface area contributed by atoms with Gasteiger partial charge in [0.05, 0.1) is 16.7 Å². The van der Waals surface area contributed by atoms with Gasteiger partial charge >= 0.3 is 0 Å². The van der Waals surface area contributed by atoms with E-state index in [0.29, 0.717) is 0 Å². The second-order valence-electron chi connectivity index (χ2n) is 5.32. The number of thiophene rings is 2. The molecule has 0 radical (unpaired) electrons. The van der Waals surface area contributed by atoms with E-state index >= 15 is 0 Å². The van der Waals surface area contributed by atoms with Crippen molar-refractivity contribution < 1.29 is 4.79 Å². The van der Waals surface area contributed by atoms with Gasteiger partial charge in [0.2, 0.25) is 5.91 Å². The highest BCUT2D eigenvalue weighted by Crippen LogP contribution is 2.43. The Morgan fingerprint density at radius 3 is 3.09 bits per heavy atom. The summed E-state index contributed by atoms with van der Waals surface area (Å²) in [6.45, 7) is 0.212. The van der Waals surface area contributed by atoms with E-state index < -0.39 is 0 Å². The Kier molecular flexibility index (Phi) is 3.32. The number of aliphatic imine (C=N–C) groups is 1. The number of nitrogens with zero attached hydrogens (tertiary/aromatic N) is 3. The smallest absolute Gasteiger partial charge is 0.250 e. The fraction of sp³-hybridized carbons (Fsp3) is 0.312. The first-order valence-electron chi connectivity index (χ1n) is 7.20. The predicted octanol–water partition coefficient (Wildman–Crippen LogP) is 3.01. The van der Waals surface area contributed by atoms with Crippen LogP contribution in [0.4, 0.5) is 5.00 Å². The minimum Gasteiger partial charge on any atom is -0.288 e. The molecule has 0 spiro atoms. The fourth-order valence-electron chi connectivity index (χ4n) is 3.09. The Bertz CT molecular complexity index is 811. The normalized spacial score (nSPS) is 16.8. The molecule has 22 heavy (non-hydrogen) atoms. The number of hydrogen-bond donors (Lipinski definition) is 0. The molecule has 0 bridgehead atoms. The van der Waals surface area contributed by atoms with Gasteiger partial charge < -0.3 is 0 Å². The van der Waals surface area contributed by atoms with Gasteiger partial charge in [0.25, 0.3) is 0 Å². The van der Waals surface area contributed by atoms with Gasteiger partial charge in [-0.1, -0.05) is 6.07 Å². The van der Waals surface area contributed by atoms with E-state index in [2.05, 4.69) is 17.1 Å². The summed E-state index contributed by atoms with van der Waals surface area (Å²) >= 11 is 3.31. The summed E-state index contributed by atoms with van der Waals surface area (Å²) in [7, 11) is 0. The molecule has 0 saturated carbocycles. The quantitative estimate of drug-likeness (QED) is 0.796. The molecule has 1 aliphatic heterocycles. The molecule has 0 aromatic carbocycles. The molecule has 0 saturated heterocycles. The zero-order valence-corrected chi connectivity index (χ0v) is 13.5. The molecule has 0 N–H and O–H groups in total. The molecule has 2 aliphatic rings. The molecular formula is C16H13N3OS2. The van der Waals surface area contributed by atoms with Crippen LogP contribution >= 0.6 is 22.7 Å². The Morgan fingerprint density at radius 1 is 1.41 bits per heavy atom. The number of aryl methyl sites for hydroxylation is 1. The number of amides is 1. The standard InChI is InChI=1S/C16H13N3OS2/c17-6-7-19-13(20)9-18-15(12-5-2-8-21-12)14-10-3-1-4-11(10)22-16(14)19/h2,5,8H,1,3-4,7,9H2. The van der Waals surface area contributed by atoms with Gasteiger partial charge in [-0.05, 0) is 36.3 Å². The van der Waals surface area contributed by atoms with E-state index in [1.165, 1.54) is 16.9 Å². The van der Waals surface area contributed by atoms with Crippen molar-refractivity contribution in [2.24, 2.45) is 4.99 Å². The summed E-state index contributed by atoms with van der Waals surface area (Å²) in [4.78, 5) is 21.1. The molecule has 2 aromatic rings. The van der Waals surface area contributed by atoms with Crippen molar-refractivity contribution in [3.8, 4) is 6.07 Å². The summed E-state index contributed by atoms with van der Waals surface area (Å²) in [5.41, 5.74) is 3.36. The Labute approximate surface area is 136 Å². The SMILES string of the molecule is N#CCN1C(=O)CN=C(c2cccs2)c2c1sc1c2CCC1. The zero-order valence-electron chi connectivity index (χ0n) is 11.8. The first-order chi connectivity index (χ1) is 10.8. The largest absolute Gasteiger partial charge is 0.288 e. The third kappa shape index (κ3) is 2.01. The summed E-state index contributed by atoms with van der Waals surface area (Å²) in [5.74, 6) is -0.0886. The Balaban J connectivity index is 1.95. The lowest BCUT2D eigenvalue weighted by molar-refractivity contribution is -0.117. The molecule has 0 fully saturated rings. The van der Waals surface area contributed by atoms with Gasteiger partial charge in [0.1, 0.15) is 18.1 Å². The first kappa shape index (κ1) is 13.7. The third-order valence-electron chi connectivity index (χ3n) is 4.04. The molecule has 110 valence electrons. The Hall–Kier alpha value is -1.97. The van der Waals surface area contributed by atoms with Gasteiger partial charge in [0, 0.05) is 10.4 Å². The van der Waals surface area contributed by atoms with Crippen LogP contribution in [0.5, 0.6) is 0 Å². The van der Waals surface area contributed by atoms with Gasteiger partial charge in [-0.15, -0.1) is 22.7 Å². The van der Waals surface area contributed by atoms with Crippen LogP contribution in [0.15, 0.2) is 22.5 Å². The number of anilines is 1. The monoisotopic (exact) mass is 327 g/mol. The van der Waals surface area contributed by atoms with E-state index in [-0.39, 0.29) is 19.0 Å². The lowest BCUT2D eigenvalue weighted by atomic mass is 10.0. The maximum absolute atomic E-state index is 12.4. The number of carbonyl (C=O) groups excluding carboxylic acids is 1. The molecule has 3 heterocycles. The molecule has 1 aliphatic carbocycles. The third-order valence-corrected chi connectivity index (χ3v) is 6.23. The van der Waals surface area contributed by atoms with Gasteiger partial charge in [-0.3, -0.25) is 14.7 Å². The van der Waals surface area contributed by atoms with Crippen molar-refractivity contribution in [3.63, 3.8) is 0 Å². The van der Waals surface area contributed by atoms with Gasteiger partial charge in [-0.2, -0.15) is 5.26 Å². The van der Waals surface area contributed by atoms with Gasteiger partial charge in [0.15, 0.2) is 0 Å². The van der Waals surface area contributed by atoms with Crippen LogP contribution in [0.1, 0.15) is 27.3 Å². The minimum atomic E-state index is -0.0886. The number of hydrogen-bond acceptors (Lipinski definition) is 5. The van der Waals surface area contributed by atoms with Crippen LogP contribution < -0.4 is 4.90 Å². The lowest BCUT2D eigenvalue weighted by Gasteiger charge is -2.17. The molecule has 4 nitrogen and oxygen atoms in total. The average Bonchev–Trinajstić information content (AvgIpc) is 3.21. The van der Waals surface area contributed by atoms with Crippen molar-refractivity contribution in [1.29, 1.82) is 5.26 Å². The highest BCUT2D eigenvalue weighted by Gasteiger charge is 2.33. The second kappa shape index (κ2) is 5.34. The molecule has 4 rings (SSSR count). The van der Waals surface area contributed by atoms with Crippen molar-refractivity contribution in [3.05, 3.63) is 38.4 Å². The predicted molar refractivity (Wildman–Crippen MR) is 89.1 cm³/mol. The molecule has 1 amide bonds. The molecule has 0 unspecified atom stereocenters. The number of nitriles is 1. The van der Waals surface area contributed by atoms with Crippen molar-refractivity contribution in [2.45, 2.75) is 19.3 Å². The summed E-state index contributed by atoms with van der Waals surface area (Å²) in [5, 5.41) is 12.0. The van der Waals surface area contributed by atoms with Crippen molar-refractivity contribution in [1.82, 2.24) is 0 Å². The van der Waals surface area contributed by atoms with Crippen LogP contribution in [0, 0.1) is 11.3 Å². The minimum absolute atomic E-state index is 0.0886. The van der Waals surface area contributed by atoms with E-state index in [9.17, 15) is 4.79 Å². The molecule has 2 aromatic heterocycles. The zero-order chi connectivity index (χ0) is 15.1. The number of fused-ring (bicyclic) bond motifs is 3. The maximum Gasteiger partial charge on any atom is 0.250 e. The van der Waals surface area contributed by atoms with Crippen LogP contribution in [0.25, 0.3) is 0 Å².